The van der Waals surface area contributed by atoms with Crippen LogP contribution in [-0.4, -0.2) is 223 Å². The number of para-hydroxylation sites is 3. The van der Waals surface area contributed by atoms with Gasteiger partial charge in [-0.3, -0.25) is 88.0 Å². The third-order valence-electron chi connectivity index (χ3n) is 19.4. The number of carboxylic acid groups (broad SMARTS) is 1. The highest BCUT2D eigenvalue weighted by molar-refractivity contribution is 6.37. The first-order valence-corrected chi connectivity index (χ1v) is 41.3. The molecule has 0 saturated heterocycles. The monoisotopic (exact) mass is 1860 g/mol. The summed E-state index contributed by atoms with van der Waals surface area (Å²) < 4.78 is 50.5. The van der Waals surface area contributed by atoms with Crippen molar-refractivity contribution in [3.8, 4) is 23.0 Å². The average Bonchev–Trinajstić information content (AvgIpc) is 1.01. The summed E-state index contributed by atoms with van der Waals surface area (Å²) in [7, 11) is 0. The van der Waals surface area contributed by atoms with Gasteiger partial charge in [-0.05, 0) is 131 Å². The molecular weight excluding hydrogens is 1780 g/mol. The van der Waals surface area contributed by atoms with Gasteiger partial charge in [0.05, 0.1) is 75.3 Å². The molecule has 10 amide bonds. The Bertz CT molecular complexity index is 5890. The molecule has 0 radical (unpaired) electrons. The Balaban J connectivity index is 0.000000168. The molecule has 0 saturated carbocycles. The minimum absolute atomic E-state index is 0.0581. The zero-order valence-electron chi connectivity index (χ0n) is 70.0. The molecule has 4 aliphatic heterocycles. The van der Waals surface area contributed by atoms with Gasteiger partial charge in [0.2, 0.25) is 47.2 Å². The van der Waals surface area contributed by atoms with Gasteiger partial charge in [-0.25, -0.2) is 4.39 Å². The van der Waals surface area contributed by atoms with Crippen molar-refractivity contribution in [3.05, 3.63) is 258 Å². The summed E-state index contributed by atoms with van der Waals surface area (Å²) in [5.41, 5.74) is 9.77. The van der Waals surface area contributed by atoms with Crippen LogP contribution in [0.2, 0.25) is 20.1 Å². The van der Waals surface area contributed by atoms with Gasteiger partial charge in [-0.1, -0.05) is 106 Å². The number of hydrogen-bond acceptors (Lipinski definition) is 26. The van der Waals surface area contributed by atoms with Crippen LogP contribution in [0.1, 0.15) is 101 Å². The number of rotatable bonds is 25. The molecule has 0 fully saturated rings. The largest absolute Gasteiger partial charge is 0.491 e. The number of halogens is 5. The van der Waals surface area contributed by atoms with E-state index in [2.05, 4.69) is 31.2 Å². The highest BCUT2D eigenvalue weighted by atomic mass is 35.5. The van der Waals surface area contributed by atoms with Crippen LogP contribution in [0.15, 0.2) is 173 Å². The molecular formula is C88H85Cl4FN14O23. The first-order chi connectivity index (χ1) is 62.4. The SMILES string of the molecule is CC(=O)NNC(=O)CN1Cc2ccccc2N(C(=O)c2ccc(OCCO)cc2Cl)CC1=O.CC(=O)OCCOc1ccc(C(=O)N2CC(=O)N(Cc3nnc(C)o3)Cc3ccccc32)c(Cl)c1.Cc1nc(CN2Cc3ccccc3N(C(=O)c3ccc(OCCO)cc3Cl)CC2=O)no1.O=C(O)CN1Cc2cc(F)ccc2N(C(=O)c2ccc(OCCO)cc2Cl)CC1=O. The lowest BCUT2D eigenvalue weighted by atomic mass is 10.1. The maximum atomic E-state index is 13.8. The molecule has 4 aliphatic rings. The topological polar surface area (TPSA) is 460 Å². The summed E-state index contributed by atoms with van der Waals surface area (Å²) in [5.74, 6) is -3.53. The number of carbonyl (C=O) groups is 12. The minimum atomic E-state index is -1.22. The molecule has 0 spiro atoms. The fourth-order valence-electron chi connectivity index (χ4n) is 13.6. The second kappa shape index (κ2) is 45.5. The van der Waals surface area contributed by atoms with Crippen molar-refractivity contribution in [1.82, 2.24) is 50.8 Å². The number of aliphatic carboxylic acids is 1. The lowest BCUT2D eigenvalue weighted by Gasteiger charge is -2.23. The predicted octanol–water partition coefficient (Wildman–Crippen LogP) is 8.55. The van der Waals surface area contributed by atoms with E-state index in [9.17, 15) is 61.9 Å². The van der Waals surface area contributed by atoms with Crippen molar-refractivity contribution in [2.45, 2.75) is 67.0 Å². The first-order valence-electron chi connectivity index (χ1n) is 39.8. The number of ether oxygens (including phenoxy) is 5. The third kappa shape index (κ3) is 25.6. The number of nitrogens with one attached hydrogen (secondary N) is 2. The summed E-state index contributed by atoms with van der Waals surface area (Å²) in [4.78, 5) is 165. The molecule has 8 aromatic carbocycles. The molecule has 0 aliphatic carbocycles. The Kier molecular flexibility index (Phi) is 33.8. The lowest BCUT2D eigenvalue weighted by molar-refractivity contribution is -0.144. The summed E-state index contributed by atoms with van der Waals surface area (Å²) in [6.45, 7) is 4.84. The van der Waals surface area contributed by atoms with Gasteiger partial charge in [0, 0.05) is 76.6 Å². The average molecular weight is 1870 g/mol. The number of aromatic nitrogens is 4. The number of anilines is 4. The van der Waals surface area contributed by atoms with Crippen molar-refractivity contribution < 1.29 is 115 Å². The number of aryl methyl sites for hydroxylation is 2. The van der Waals surface area contributed by atoms with Crippen LogP contribution in [-0.2, 0) is 82.4 Å². The van der Waals surface area contributed by atoms with E-state index in [1.54, 1.807) is 90.4 Å². The number of carbonyl (C=O) groups excluding carboxylic acids is 11. The minimum Gasteiger partial charge on any atom is -0.491 e. The molecule has 0 bridgehead atoms. The van der Waals surface area contributed by atoms with Gasteiger partial charge in [0.1, 0.15) is 101 Å². The lowest BCUT2D eigenvalue weighted by Crippen LogP contribution is -2.48. The van der Waals surface area contributed by atoms with Gasteiger partial charge in [0.15, 0.2) is 5.82 Å². The van der Waals surface area contributed by atoms with Crippen molar-refractivity contribution >= 4 is 140 Å². The number of hydrogen-bond donors (Lipinski definition) is 6. The highest BCUT2D eigenvalue weighted by Crippen LogP contribution is 2.37. The van der Waals surface area contributed by atoms with Crippen molar-refractivity contribution in [1.29, 1.82) is 0 Å². The van der Waals surface area contributed by atoms with Gasteiger partial charge in [-0.15, -0.1) is 10.2 Å². The standard InChI is InChI=1S/C24H23ClN4O6.C22H23ClN4O6.C22H21ClN4O5.C20H18ClFN2O6/c1-15-26-27-22(35-15)13-28-12-17-5-3-4-6-21(17)29(14-23(28)31)24(32)19-8-7-18(11-20(19)25)34-10-9-33-16(2)30;1-14(29)24-25-20(30)12-26-11-15-4-2-3-5-19(15)27(13-21(26)31)22(32)17-7-6-16(10-18(17)23)33-9-8-28;1-14-24-20(25-32-14)12-26-11-15-4-2-3-5-19(15)27(13-21(26)29)22(30)17-7-6-16(10-18(17)23)31-9-8-28;21-16-8-14(30-6-5-25)2-3-15(16)20(29)24-10-18(26)23(11-19(27)28)9-12-7-13(22)1-4-17(12)24/h3-8,11H,9-10,12-14H2,1-2H3;2-7,10,28H,8-9,11-13H2,1H3,(H,24,29)(H,25,30);2-7,10,28H,8-9,11-13H2,1H3;1-4,7-8,25H,5-6,9-11H2,(H,27,28). The molecule has 6 heterocycles. The summed E-state index contributed by atoms with van der Waals surface area (Å²) >= 11 is 25.3. The van der Waals surface area contributed by atoms with E-state index >= 15 is 0 Å². The van der Waals surface area contributed by atoms with Gasteiger partial charge < -0.3 is 72.7 Å². The third-order valence-corrected chi connectivity index (χ3v) is 20.7. The van der Waals surface area contributed by atoms with Crippen molar-refractivity contribution in [3.63, 3.8) is 0 Å². The zero-order valence-corrected chi connectivity index (χ0v) is 73.1. The van der Waals surface area contributed by atoms with Crippen LogP contribution >= 0.6 is 46.4 Å². The summed E-state index contributed by atoms with van der Waals surface area (Å²) in [5, 5.41) is 47.9. The van der Waals surface area contributed by atoms with E-state index in [1.807, 2.05) is 36.4 Å². The van der Waals surface area contributed by atoms with E-state index in [0.29, 0.717) is 86.9 Å². The number of fused-ring (bicyclic) bond motifs is 4. The maximum Gasteiger partial charge on any atom is 0.323 e. The molecule has 6 N–H and O–H groups in total. The molecule has 0 unspecified atom stereocenters. The highest BCUT2D eigenvalue weighted by Gasteiger charge is 2.37. The first kappa shape index (κ1) is 96.5. The van der Waals surface area contributed by atoms with E-state index < -0.39 is 78.1 Å². The quantitative estimate of drug-likeness (QED) is 0.0177. The second-order valence-corrected chi connectivity index (χ2v) is 30.4. The van der Waals surface area contributed by atoms with Crippen LogP contribution in [0.25, 0.3) is 0 Å². The van der Waals surface area contributed by atoms with Gasteiger partial charge in [0.25, 0.3) is 29.5 Å². The van der Waals surface area contributed by atoms with Crippen LogP contribution in [0, 0.1) is 19.7 Å². The predicted molar refractivity (Wildman–Crippen MR) is 465 cm³/mol. The van der Waals surface area contributed by atoms with E-state index in [0.717, 1.165) is 33.1 Å². The molecule has 10 aromatic rings. The normalized spacial score (nSPS) is 13.4. The molecule has 680 valence electrons. The van der Waals surface area contributed by atoms with E-state index in [4.69, 9.17) is 99.5 Å². The molecule has 37 nitrogen and oxygen atoms in total. The number of esters is 1. The molecule has 0 atom stereocenters. The van der Waals surface area contributed by atoms with Gasteiger partial charge >= 0.3 is 11.9 Å². The Labute approximate surface area is 761 Å². The number of nitrogens with zero attached hydrogens (tertiary/aromatic N) is 12. The van der Waals surface area contributed by atoms with E-state index in [1.165, 1.54) is 82.0 Å². The smallest absolute Gasteiger partial charge is 0.323 e. The van der Waals surface area contributed by atoms with Crippen molar-refractivity contribution in [2.75, 3.05) is 112 Å². The van der Waals surface area contributed by atoms with Crippen LogP contribution < -0.4 is 49.4 Å². The summed E-state index contributed by atoms with van der Waals surface area (Å²) in [6, 6.07) is 43.5. The number of hydrazine groups is 1. The number of aliphatic hydroxyl groups is 3. The van der Waals surface area contributed by atoms with Crippen LogP contribution in [0.4, 0.5) is 27.1 Å². The fourth-order valence-corrected chi connectivity index (χ4v) is 14.6. The number of amides is 10. The van der Waals surface area contributed by atoms with Crippen molar-refractivity contribution in [2.24, 2.45) is 0 Å². The Morgan fingerprint density at radius 1 is 0.431 bits per heavy atom. The Morgan fingerprint density at radius 2 is 0.808 bits per heavy atom. The molecule has 2 aromatic heterocycles. The Morgan fingerprint density at radius 3 is 1.18 bits per heavy atom. The van der Waals surface area contributed by atoms with E-state index in [-0.39, 0.29) is 166 Å². The van der Waals surface area contributed by atoms with Gasteiger partial charge in [-0.2, -0.15) is 4.98 Å². The molecule has 42 heteroatoms. The maximum absolute atomic E-state index is 13.8. The fraction of sp³-hybridized carbons (Fsp3) is 0.273. The number of benzene rings is 8. The second-order valence-electron chi connectivity index (χ2n) is 28.8. The number of carboxylic acids is 1. The zero-order chi connectivity index (χ0) is 93.4. The molecule has 130 heavy (non-hydrogen) atoms. The summed E-state index contributed by atoms with van der Waals surface area (Å²) in [6.07, 6.45) is 0. The number of aliphatic hydroxyl groups excluding tert-OH is 3. The van der Waals surface area contributed by atoms with Crippen LogP contribution in [0.5, 0.6) is 23.0 Å². The van der Waals surface area contributed by atoms with Crippen LogP contribution in [0.3, 0.4) is 0 Å². The Hall–Kier alpha value is -14.2. The molecule has 14 rings (SSSR count).